The summed E-state index contributed by atoms with van der Waals surface area (Å²) in [7, 11) is 0. The van der Waals surface area contributed by atoms with E-state index in [1.54, 1.807) is 6.20 Å². The number of urea groups is 1. The summed E-state index contributed by atoms with van der Waals surface area (Å²) in [4.78, 5) is 21.9. The van der Waals surface area contributed by atoms with Crippen molar-refractivity contribution in [3.63, 3.8) is 0 Å². The van der Waals surface area contributed by atoms with Crippen LogP contribution in [-0.4, -0.2) is 43.8 Å². The molecule has 0 radical (unpaired) electrons. The quantitative estimate of drug-likeness (QED) is 0.759. The van der Waals surface area contributed by atoms with Gasteiger partial charge < -0.3 is 9.88 Å². The molecule has 1 aliphatic heterocycles. The number of aromatic nitrogens is 4. The van der Waals surface area contributed by atoms with Gasteiger partial charge in [-0.2, -0.15) is 5.10 Å². The normalized spacial score (nSPS) is 17.2. The Morgan fingerprint density at radius 3 is 2.96 bits per heavy atom. The third-order valence-corrected chi connectivity index (χ3v) is 4.68. The summed E-state index contributed by atoms with van der Waals surface area (Å²) in [5.74, 6) is 1.79. The molecule has 1 fully saturated rings. The first-order chi connectivity index (χ1) is 12.8. The number of imidazole rings is 1. The van der Waals surface area contributed by atoms with Crippen LogP contribution < -0.4 is 5.32 Å². The van der Waals surface area contributed by atoms with Gasteiger partial charge in [0, 0.05) is 43.7 Å². The fourth-order valence-electron chi connectivity index (χ4n) is 3.36. The van der Waals surface area contributed by atoms with Crippen molar-refractivity contribution in [2.24, 2.45) is 0 Å². The summed E-state index contributed by atoms with van der Waals surface area (Å²) in [5.41, 5.74) is 1.17. The smallest absolute Gasteiger partial charge is 0.323 e. The number of H-pyrrole nitrogens is 1. The molecule has 1 aliphatic rings. The molecule has 1 atom stereocenters. The Balaban J connectivity index is 1.36. The van der Waals surface area contributed by atoms with Crippen LogP contribution >= 0.6 is 0 Å². The molecule has 2 aromatic heterocycles. The molecule has 0 spiro atoms. The second-order valence-corrected chi connectivity index (χ2v) is 6.57. The molecule has 1 unspecified atom stereocenters. The van der Waals surface area contributed by atoms with E-state index in [1.165, 1.54) is 5.56 Å². The summed E-state index contributed by atoms with van der Waals surface area (Å²) in [6.07, 6.45) is 7.48. The van der Waals surface area contributed by atoms with E-state index in [2.05, 4.69) is 32.5 Å². The molecule has 7 nitrogen and oxygen atoms in total. The molecular formula is C19H22N6O. The maximum absolute atomic E-state index is 12.6. The molecule has 0 aliphatic carbocycles. The third kappa shape index (κ3) is 3.77. The zero-order valence-corrected chi connectivity index (χ0v) is 14.5. The van der Waals surface area contributed by atoms with E-state index >= 15 is 0 Å². The van der Waals surface area contributed by atoms with Crippen LogP contribution in [0.1, 0.15) is 30.1 Å². The highest BCUT2D eigenvalue weighted by Gasteiger charge is 2.26. The zero-order chi connectivity index (χ0) is 17.8. The molecule has 2 N–H and O–H groups in total. The number of carbonyl (C=O) groups excluding carboxylic acids is 1. The summed E-state index contributed by atoms with van der Waals surface area (Å²) in [6.45, 7) is 2.11. The number of amides is 2. The minimum Gasteiger partial charge on any atom is -0.348 e. The average molecular weight is 350 g/mol. The van der Waals surface area contributed by atoms with Gasteiger partial charge in [-0.3, -0.25) is 10.00 Å². The Hall–Kier alpha value is -3.09. The van der Waals surface area contributed by atoms with Crippen molar-refractivity contribution >= 4 is 11.8 Å². The van der Waals surface area contributed by atoms with Crippen molar-refractivity contribution in [3.05, 3.63) is 66.4 Å². The molecule has 0 bridgehead atoms. The van der Waals surface area contributed by atoms with E-state index in [1.807, 2.05) is 46.2 Å². The van der Waals surface area contributed by atoms with Gasteiger partial charge in [-0.25, -0.2) is 9.78 Å². The maximum Gasteiger partial charge on any atom is 0.323 e. The van der Waals surface area contributed by atoms with E-state index < -0.39 is 0 Å². The lowest BCUT2D eigenvalue weighted by molar-refractivity contribution is 0.191. The fraction of sp³-hybridized carbons (Fsp3) is 0.316. The number of rotatable bonds is 4. The van der Waals surface area contributed by atoms with E-state index in [4.69, 9.17) is 0 Å². The highest BCUT2D eigenvalue weighted by molar-refractivity contribution is 5.88. The van der Waals surface area contributed by atoms with Gasteiger partial charge in [0.2, 0.25) is 0 Å². The van der Waals surface area contributed by atoms with Crippen LogP contribution in [0.2, 0.25) is 0 Å². The largest absolute Gasteiger partial charge is 0.348 e. The van der Waals surface area contributed by atoms with Gasteiger partial charge in [0.05, 0.1) is 6.54 Å². The molecule has 3 heterocycles. The number of hydrogen-bond acceptors (Lipinski definition) is 3. The zero-order valence-electron chi connectivity index (χ0n) is 14.5. The molecule has 26 heavy (non-hydrogen) atoms. The number of anilines is 1. The fourth-order valence-corrected chi connectivity index (χ4v) is 3.36. The number of nitrogens with one attached hydrogen (secondary N) is 2. The van der Waals surface area contributed by atoms with E-state index in [0.29, 0.717) is 18.9 Å². The average Bonchev–Trinajstić information content (AvgIpc) is 3.35. The van der Waals surface area contributed by atoms with Crippen LogP contribution in [0.15, 0.2) is 55.0 Å². The lowest BCUT2D eigenvalue weighted by Gasteiger charge is -2.31. The minimum absolute atomic E-state index is 0.105. The topological polar surface area (TPSA) is 78.8 Å². The second kappa shape index (κ2) is 7.43. The van der Waals surface area contributed by atoms with E-state index in [-0.39, 0.29) is 11.9 Å². The van der Waals surface area contributed by atoms with Crippen molar-refractivity contribution in [2.75, 3.05) is 18.4 Å². The summed E-state index contributed by atoms with van der Waals surface area (Å²) in [6, 6.07) is 11.8. The van der Waals surface area contributed by atoms with E-state index in [9.17, 15) is 4.79 Å². The first-order valence-electron chi connectivity index (χ1n) is 8.90. The van der Waals surface area contributed by atoms with Gasteiger partial charge in [0.25, 0.3) is 0 Å². The van der Waals surface area contributed by atoms with Crippen LogP contribution in [0.5, 0.6) is 0 Å². The predicted octanol–water partition coefficient (Wildman–Crippen LogP) is 3.07. The molecular weight excluding hydrogens is 328 g/mol. The van der Waals surface area contributed by atoms with Crippen LogP contribution in [0.25, 0.3) is 0 Å². The number of benzene rings is 1. The first kappa shape index (κ1) is 16.4. The van der Waals surface area contributed by atoms with Gasteiger partial charge >= 0.3 is 6.03 Å². The number of nitrogens with zero attached hydrogens (tertiary/aromatic N) is 4. The predicted molar refractivity (Wildman–Crippen MR) is 98.9 cm³/mol. The third-order valence-electron chi connectivity index (χ3n) is 4.68. The lowest BCUT2D eigenvalue weighted by atomic mass is 9.98. The Kier molecular flexibility index (Phi) is 4.68. The van der Waals surface area contributed by atoms with Crippen molar-refractivity contribution in [1.29, 1.82) is 0 Å². The van der Waals surface area contributed by atoms with E-state index in [0.717, 1.165) is 25.2 Å². The van der Waals surface area contributed by atoms with Gasteiger partial charge in [0.15, 0.2) is 5.82 Å². The highest BCUT2D eigenvalue weighted by atomic mass is 16.2. The number of aromatic amines is 1. The summed E-state index contributed by atoms with van der Waals surface area (Å²) < 4.78 is 1.83. The first-order valence-corrected chi connectivity index (χ1v) is 8.90. The van der Waals surface area contributed by atoms with Gasteiger partial charge in [-0.05, 0) is 18.4 Å². The molecule has 134 valence electrons. The van der Waals surface area contributed by atoms with Gasteiger partial charge in [0.1, 0.15) is 5.82 Å². The Bertz CT molecular complexity index is 842. The molecule has 1 aromatic carbocycles. The van der Waals surface area contributed by atoms with Gasteiger partial charge in [-0.1, -0.05) is 30.3 Å². The summed E-state index contributed by atoms with van der Waals surface area (Å²) >= 11 is 0. The van der Waals surface area contributed by atoms with Crippen LogP contribution in [0, 0.1) is 0 Å². The monoisotopic (exact) mass is 350 g/mol. The van der Waals surface area contributed by atoms with Crippen LogP contribution in [0.3, 0.4) is 0 Å². The molecule has 0 saturated carbocycles. The maximum atomic E-state index is 12.6. The van der Waals surface area contributed by atoms with Crippen molar-refractivity contribution in [2.45, 2.75) is 25.3 Å². The summed E-state index contributed by atoms with van der Waals surface area (Å²) in [5, 5.41) is 7.36. The Morgan fingerprint density at radius 2 is 2.15 bits per heavy atom. The number of likely N-dealkylation sites (tertiary alicyclic amines) is 1. The molecule has 3 aromatic rings. The molecule has 1 saturated heterocycles. The second-order valence-electron chi connectivity index (χ2n) is 6.57. The van der Waals surface area contributed by atoms with Crippen molar-refractivity contribution < 1.29 is 4.79 Å². The standard InChI is InChI=1S/C19H22N6O/c26-19(24-11-4-7-16(14-24)18-20-9-10-21-18)22-17-8-12-25(23-17)13-15-5-2-1-3-6-15/h1-3,5-6,8-10,12,16H,4,7,11,13-14H2,(H,20,21)(H,22,23,26). The molecule has 2 amide bonds. The lowest BCUT2D eigenvalue weighted by Crippen LogP contribution is -2.41. The highest BCUT2D eigenvalue weighted by Crippen LogP contribution is 2.24. The molecule has 7 heteroatoms. The van der Waals surface area contributed by atoms with Crippen LogP contribution in [0.4, 0.5) is 10.6 Å². The molecule has 4 rings (SSSR count). The number of piperidine rings is 1. The van der Waals surface area contributed by atoms with Crippen molar-refractivity contribution in [3.8, 4) is 0 Å². The number of hydrogen-bond donors (Lipinski definition) is 2. The number of carbonyl (C=O) groups is 1. The van der Waals surface area contributed by atoms with Crippen molar-refractivity contribution in [1.82, 2.24) is 24.6 Å². The Morgan fingerprint density at radius 1 is 1.27 bits per heavy atom. The van der Waals surface area contributed by atoms with Gasteiger partial charge in [-0.15, -0.1) is 0 Å². The minimum atomic E-state index is -0.105. The SMILES string of the molecule is O=C(Nc1ccn(Cc2ccccc2)n1)N1CCCC(c2ncc[nH]2)C1. The van der Waals surface area contributed by atoms with Crippen LogP contribution in [-0.2, 0) is 6.54 Å². The Labute approximate surface area is 152 Å².